The maximum absolute atomic E-state index is 13.7. The number of aliphatic hydroxyl groups excluding tert-OH is 1. The van der Waals surface area contributed by atoms with Gasteiger partial charge in [-0.1, -0.05) is 55.8 Å². The third kappa shape index (κ3) is 8.97. The first-order valence-electron chi connectivity index (χ1n) is 15.7. The summed E-state index contributed by atoms with van der Waals surface area (Å²) in [5, 5.41) is 21.5. The molecule has 248 valence electrons. The van der Waals surface area contributed by atoms with Crippen LogP contribution < -0.4 is 26.2 Å². The van der Waals surface area contributed by atoms with Crippen LogP contribution in [-0.2, 0) is 25.6 Å². The van der Waals surface area contributed by atoms with Crippen LogP contribution in [0.4, 0.5) is 5.69 Å². The number of nitrogens with one attached hydrogen (secondary N) is 4. The van der Waals surface area contributed by atoms with Gasteiger partial charge < -0.3 is 36.2 Å². The van der Waals surface area contributed by atoms with E-state index in [1.165, 1.54) is 11.8 Å². The molecule has 2 fully saturated rings. The minimum absolute atomic E-state index is 0.0703. The average Bonchev–Trinajstić information content (AvgIpc) is 3.55. The first kappa shape index (κ1) is 34.7. The molecule has 2 saturated heterocycles. The van der Waals surface area contributed by atoms with Gasteiger partial charge in [0.05, 0.1) is 23.4 Å². The summed E-state index contributed by atoms with van der Waals surface area (Å²) < 4.78 is 0. The number of carbonyl (C=O) groups is 5. The van der Waals surface area contributed by atoms with Gasteiger partial charge in [0.1, 0.15) is 18.1 Å². The van der Waals surface area contributed by atoms with Gasteiger partial charge in [-0.15, -0.1) is 0 Å². The van der Waals surface area contributed by atoms with E-state index in [4.69, 9.17) is 11.6 Å². The Kier molecular flexibility index (Phi) is 12.0. The summed E-state index contributed by atoms with van der Waals surface area (Å²) in [4.78, 5) is 70.6. The molecule has 2 aromatic carbocycles. The molecule has 0 aliphatic carbocycles. The van der Waals surface area contributed by atoms with Crippen LogP contribution in [-0.4, -0.2) is 96.5 Å². The lowest BCUT2D eigenvalue weighted by Crippen LogP contribution is -2.60. The van der Waals surface area contributed by atoms with Crippen LogP contribution in [0.3, 0.4) is 0 Å². The number of aliphatic hydroxyl groups is 1. The Bertz CT molecular complexity index is 1410. The van der Waals surface area contributed by atoms with Crippen molar-refractivity contribution in [2.45, 2.75) is 64.3 Å². The summed E-state index contributed by atoms with van der Waals surface area (Å²) in [6.45, 7) is 6.09. The van der Waals surface area contributed by atoms with E-state index in [1.807, 2.05) is 6.07 Å². The summed E-state index contributed by atoms with van der Waals surface area (Å²) in [6.07, 6.45) is 0.961. The van der Waals surface area contributed by atoms with E-state index in [-0.39, 0.29) is 31.0 Å². The number of hydrogen-bond acceptors (Lipinski definition) is 7. The number of carbonyl (C=O) groups excluding carboxylic acids is 5. The van der Waals surface area contributed by atoms with Crippen LogP contribution >= 0.6 is 11.6 Å². The van der Waals surface area contributed by atoms with E-state index in [0.717, 1.165) is 37.2 Å². The second-order valence-electron chi connectivity index (χ2n) is 12.1. The molecule has 12 nitrogen and oxygen atoms in total. The van der Waals surface area contributed by atoms with Crippen molar-refractivity contribution in [1.29, 1.82) is 0 Å². The van der Waals surface area contributed by atoms with Crippen molar-refractivity contribution < 1.29 is 29.1 Å². The molecule has 4 rings (SSSR count). The number of nitrogens with zero attached hydrogens (tertiary/aromatic N) is 2. The summed E-state index contributed by atoms with van der Waals surface area (Å²) in [7, 11) is 0. The fourth-order valence-corrected chi connectivity index (χ4v) is 5.92. The molecule has 0 aromatic heterocycles. The van der Waals surface area contributed by atoms with Crippen molar-refractivity contribution in [3.8, 4) is 0 Å². The molecule has 5 N–H and O–H groups in total. The zero-order chi connectivity index (χ0) is 33.4. The van der Waals surface area contributed by atoms with Gasteiger partial charge in [0.15, 0.2) is 0 Å². The van der Waals surface area contributed by atoms with Gasteiger partial charge in [0, 0.05) is 38.2 Å². The van der Waals surface area contributed by atoms with Crippen molar-refractivity contribution in [2.24, 2.45) is 5.92 Å². The van der Waals surface area contributed by atoms with Crippen molar-refractivity contribution in [2.75, 3.05) is 37.6 Å². The Hall–Kier alpha value is -4.16. The second-order valence-corrected chi connectivity index (χ2v) is 12.6. The number of amides is 5. The van der Waals surface area contributed by atoms with E-state index in [1.54, 1.807) is 56.3 Å². The molecular formula is C33H43ClN6O6. The van der Waals surface area contributed by atoms with Crippen LogP contribution in [0.1, 0.15) is 49.5 Å². The highest BCUT2D eigenvalue weighted by atomic mass is 35.5. The fraction of sp³-hybridized carbons (Fsp3) is 0.485. The summed E-state index contributed by atoms with van der Waals surface area (Å²) >= 11 is 6.57. The topological polar surface area (TPSA) is 160 Å². The molecule has 0 unspecified atom stereocenters. The molecule has 0 spiro atoms. The predicted octanol–water partition coefficient (Wildman–Crippen LogP) is 1.25. The number of hydrogen-bond donors (Lipinski definition) is 5. The first-order chi connectivity index (χ1) is 21.9. The van der Waals surface area contributed by atoms with E-state index in [2.05, 4.69) is 26.2 Å². The molecule has 2 aliphatic rings. The average molecular weight is 655 g/mol. The Balaban J connectivity index is 1.61. The highest BCUT2D eigenvalue weighted by molar-refractivity contribution is 6.33. The van der Waals surface area contributed by atoms with E-state index in [9.17, 15) is 29.1 Å². The molecule has 2 aliphatic heterocycles. The number of halogens is 1. The molecule has 5 amide bonds. The number of anilines is 1. The molecule has 0 bridgehead atoms. The Morgan fingerprint density at radius 3 is 2.22 bits per heavy atom. The van der Waals surface area contributed by atoms with Gasteiger partial charge in [-0.3, -0.25) is 24.0 Å². The van der Waals surface area contributed by atoms with Crippen molar-refractivity contribution in [3.63, 3.8) is 0 Å². The molecule has 0 radical (unpaired) electrons. The van der Waals surface area contributed by atoms with E-state index < -0.39 is 60.3 Å². The maximum atomic E-state index is 13.7. The van der Waals surface area contributed by atoms with Gasteiger partial charge in [0.25, 0.3) is 5.91 Å². The lowest BCUT2D eigenvalue weighted by atomic mass is 10.0. The minimum Gasteiger partial charge on any atom is -0.391 e. The lowest BCUT2D eigenvalue weighted by molar-refractivity contribution is -0.135. The smallest absolute Gasteiger partial charge is 0.254 e. The van der Waals surface area contributed by atoms with Crippen LogP contribution in [0.15, 0.2) is 48.5 Å². The Morgan fingerprint density at radius 1 is 0.891 bits per heavy atom. The highest BCUT2D eigenvalue weighted by Gasteiger charge is 2.34. The van der Waals surface area contributed by atoms with Gasteiger partial charge in [0.2, 0.25) is 23.6 Å². The minimum atomic E-state index is -1.34. The highest BCUT2D eigenvalue weighted by Crippen LogP contribution is 2.30. The molecule has 13 heteroatoms. The van der Waals surface area contributed by atoms with Gasteiger partial charge in [-0.25, -0.2) is 0 Å². The van der Waals surface area contributed by atoms with Crippen LogP contribution in [0.2, 0.25) is 5.02 Å². The molecule has 4 atom stereocenters. The Morgan fingerprint density at radius 2 is 1.59 bits per heavy atom. The molecule has 0 saturated carbocycles. The maximum Gasteiger partial charge on any atom is 0.254 e. The number of benzene rings is 2. The quantitative estimate of drug-likeness (QED) is 0.313. The van der Waals surface area contributed by atoms with Gasteiger partial charge >= 0.3 is 0 Å². The van der Waals surface area contributed by atoms with Crippen molar-refractivity contribution >= 4 is 46.8 Å². The predicted molar refractivity (Wildman–Crippen MR) is 174 cm³/mol. The fourth-order valence-electron chi connectivity index (χ4n) is 5.62. The van der Waals surface area contributed by atoms with Crippen LogP contribution in [0.5, 0.6) is 0 Å². The zero-order valence-electron chi connectivity index (χ0n) is 26.4. The zero-order valence-corrected chi connectivity index (χ0v) is 27.2. The first-order valence-corrected chi connectivity index (χ1v) is 16.1. The van der Waals surface area contributed by atoms with Crippen LogP contribution in [0, 0.1) is 5.92 Å². The Labute approximate surface area is 274 Å². The standard InChI is InChI=1S/C33H43ClN6O6/c1-20(2)28-32(45)36-25(17-22-9-5-4-6-10-22)30(43)38-29(21(3)41)31(44)35-13-16-40(19-27(42)37-28)33(46)23-11-12-26(24(34)18-23)39-14-7-8-15-39/h4-6,9-12,18,20-21,25,28-29,41H,7-8,13-17,19H2,1-3H3,(H,35,44)(H,36,45)(H,37,42)(H,38,43)/t21-,25+,28-,29+/m1/s1. The van der Waals surface area contributed by atoms with E-state index in [0.29, 0.717) is 5.02 Å². The summed E-state index contributed by atoms with van der Waals surface area (Å²) in [5.41, 5.74) is 1.85. The van der Waals surface area contributed by atoms with E-state index >= 15 is 0 Å². The molecular weight excluding hydrogens is 612 g/mol. The monoisotopic (exact) mass is 654 g/mol. The third-order valence-corrected chi connectivity index (χ3v) is 8.49. The SMILES string of the molecule is CC(C)[C@H]1NC(=O)CN(C(=O)c2ccc(N3CCCC3)c(Cl)c2)CCNC(=O)[C@H]([C@@H](C)O)NC(=O)[C@H](Cc2ccccc2)NC1=O. The van der Waals surface area contributed by atoms with Crippen molar-refractivity contribution in [3.05, 3.63) is 64.7 Å². The summed E-state index contributed by atoms with van der Waals surface area (Å²) in [6, 6.07) is 10.6. The van der Waals surface area contributed by atoms with Gasteiger partial charge in [-0.05, 0) is 49.4 Å². The molecule has 46 heavy (non-hydrogen) atoms. The lowest BCUT2D eigenvalue weighted by Gasteiger charge is -2.27. The molecule has 2 heterocycles. The normalized spacial score (nSPS) is 22.7. The van der Waals surface area contributed by atoms with Crippen LogP contribution in [0.25, 0.3) is 0 Å². The summed E-state index contributed by atoms with van der Waals surface area (Å²) in [5.74, 6) is -3.40. The molecule has 2 aromatic rings. The number of rotatable bonds is 6. The third-order valence-electron chi connectivity index (χ3n) is 8.19. The second kappa shape index (κ2) is 15.9. The van der Waals surface area contributed by atoms with Crippen molar-refractivity contribution in [1.82, 2.24) is 26.2 Å². The largest absolute Gasteiger partial charge is 0.391 e. The van der Waals surface area contributed by atoms with Gasteiger partial charge in [-0.2, -0.15) is 0 Å².